The minimum Gasteiger partial charge on any atom is -0.497 e. The molecular formula is C22H30N6O3S. The molecule has 3 aromatic rings. The van der Waals surface area contributed by atoms with Gasteiger partial charge in [0.2, 0.25) is 0 Å². The number of thioether (sulfide) groups is 1. The van der Waals surface area contributed by atoms with Crippen LogP contribution < -0.4 is 15.4 Å². The highest BCUT2D eigenvalue weighted by Gasteiger charge is 2.14. The molecule has 3 rings (SSSR count). The van der Waals surface area contributed by atoms with E-state index in [9.17, 15) is 4.79 Å². The van der Waals surface area contributed by atoms with Crippen molar-refractivity contribution >= 4 is 34.5 Å². The summed E-state index contributed by atoms with van der Waals surface area (Å²) in [5, 5.41) is 12.3. The molecule has 0 radical (unpaired) electrons. The molecule has 0 spiro atoms. The van der Waals surface area contributed by atoms with Crippen LogP contribution in [0.3, 0.4) is 0 Å². The third-order valence-electron chi connectivity index (χ3n) is 4.62. The van der Waals surface area contributed by atoms with E-state index in [0.717, 1.165) is 29.0 Å². The van der Waals surface area contributed by atoms with Crippen molar-refractivity contribution in [3.63, 3.8) is 0 Å². The van der Waals surface area contributed by atoms with Gasteiger partial charge < -0.3 is 20.1 Å². The second-order valence-electron chi connectivity index (χ2n) is 6.92. The Labute approximate surface area is 192 Å². The van der Waals surface area contributed by atoms with Crippen LogP contribution in [0.1, 0.15) is 30.6 Å². The summed E-state index contributed by atoms with van der Waals surface area (Å²) in [6, 6.07) is 7.01. The highest BCUT2D eigenvalue weighted by atomic mass is 32.2. The van der Waals surface area contributed by atoms with Gasteiger partial charge in [-0.3, -0.25) is 4.79 Å². The third-order valence-corrected chi connectivity index (χ3v) is 5.67. The minimum atomic E-state index is -0.142. The van der Waals surface area contributed by atoms with Gasteiger partial charge in [0, 0.05) is 31.0 Å². The predicted octanol–water partition coefficient (Wildman–Crippen LogP) is 3.22. The number of hydrogen-bond donors (Lipinski definition) is 2. The summed E-state index contributed by atoms with van der Waals surface area (Å²) in [7, 11) is 1.60. The predicted molar refractivity (Wildman–Crippen MR) is 127 cm³/mol. The van der Waals surface area contributed by atoms with E-state index < -0.39 is 0 Å². The van der Waals surface area contributed by atoms with Crippen LogP contribution in [-0.2, 0) is 11.3 Å². The normalized spacial score (nSPS) is 11.0. The number of aromatic nitrogens is 4. The molecule has 1 amide bonds. The smallest absolute Gasteiger partial charge is 0.251 e. The molecule has 0 saturated carbocycles. The lowest BCUT2D eigenvalue weighted by atomic mass is 10.2. The molecular weight excluding hydrogens is 428 g/mol. The monoisotopic (exact) mass is 458 g/mol. The van der Waals surface area contributed by atoms with E-state index in [1.165, 1.54) is 0 Å². The Morgan fingerprint density at radius 2 is 1.97 bits per heavy atom. The summed E-state index contributed by atoms with van der Waals surface area (Å²) in [6.45, 7) is 6.96. The van der Waals surface area contributed by atoms with E-state index >= 15 is 0 Å². The molecule has 0 aliphatic rings. The van der Waals surface area contributed by atoms with Crippen molar-refractivity contribution in [3.8, 4) is 5.75 Å². The highest BCUT2D eigenvalue weighted by molar-refractivity contribution is 7.99. The standard InChI is InChI=1S/C22H30N6O3S/c1-4-14-32-22-26-19(23-11-13-31-5-2)18-15-25-28(20(18)27-22)12-10-24-21(29)16-6-8-17(30-3)9-7-16/h6-9,15H,4-5,10-14H2,1-3H3,(H,24,29)(H,23,26,27). The fourth-order valence-corrected chi connectivity index (χ4v) is 3.69. The Hall–Kier alpha value is -2.85. The number of nitrogens with zero attached hydrogens (tertiary/aromatic N) is 4. The first-order valence-corrected chi connectivity index (χ1v) is 11.7. The average Bonchev–Trinajstić information content (AvgIpc) is 3.23. The quantitative estimate of drug-likeness (QED) is 0.229. The van der Waals surface area contributed by atoms with Gasteiger partial charge >= 0.3 is 0 Å². The van der Waals surface area contributed by atoms with E-state index in [-0.39, 0.29) is 5.91 Å². The van der Waals surface area contributed by atoms with Crippen LogP contribution in [0.15, 0.2) is 35.6 Å². The number of ether oxygens (including phenoxy) is 2. The third kappa shape index (κ3) is 6.33. The number of nitrogens with one attached hydrogen (secondary N) is 2. The van der Waals surface area contributed by atoms with Crippen LogP contribution in [-0.4, -0.2) is 64.8 Å². The first kappa shape index (κ1) is 23.8. The number of amides is 1. The molecule has 1 aromatic carbocycles. The van der Waals surface area contributed by atoms with Gasteiger partial charge in [0.15, 0.2) is 10.8 Å². The van der Waals surface area contributed by atoms with Crippen LogP contribution >= 0.6 is 11.8 Å². The van der Waals surface area contributed by atoms with Crippen molar-refractivity contribution in [1.29, 1.82) is 0 Å². The highest BCUT2D eigenvalue weighted by Crippen LogP contribution is 2.24. The molecule has 2 heterocycles. The molecule has 0 atom stereocenters. The number of carbonyl (C=O) groups excluding carboxylic acids is 1. The fraction of sp³-hybridized carbons (Fsp3) is 0.455. The van der Waals surface area contributed by atoms with E-state index in [4.69, 9.17) is 14.5 Å². The zero-order valence-electron chi connectivity index (χ0n) is 18.8. The number of anilines is 1. The second kappa shape index (κ2) is 12.3. The van der Waals surface area contributed by atoms with E-state index in [0.29, 0.717) is 49.3 Å². The Morgan fingerprint density at radius 1 is 1.16 bits per heavy atom. The van der Waals surface area contributed by atoms with Crippen LogP contribution in [0.4, 0.5) is 5.82 Å². The van der Waals surface area contributed by atoms with E-state index in [1.54, 1.807) is 54.0 Å². The van der Waals surface area contributed by atoms with Crippen LogP contribution in [0.2, 0.25) is 0 Å². The zero-order chi connectivity index (χ0) is 22.8. The number of methoxy groups -OCH3 is 1. The average molecular weight is 459 g/mol. The molecule has 0 saturated heterocycles. The Bertz CT molecular complexity index is 1010. The van der Waals surface area contributed by atoms with E-state index in [2.05, 4.69) is 27.6 Å². The first-order valence-electron chi connectivity index (χ1n) is 10.8. The number of carbonyl (C=O) groups is 1. The van der Waals surface area contributed by atoms with E-state index in [1.807, 2.05) is 6.92 Å². The molecule has 0 bridgehead atoms. The van der Waals surface area contributed by atoms with Crippen molar-refractivity contribution < 1.29 is 14.3 Å². The van der Waals surface area contributed by atoms with Crippen LogP contribution in [0, 0.1) is 0 Å². The lowest BCUT2D eigenvalue weighted by Gasteiger charge is -2.10. The Kier molecular flexibility index (Phi) is 9.12. The van der Waals surface area contributed by atoms with Gasteiger partial charge in [-0.25, -0.2) is 14.6 Å². The van der Waals surface area contributed by atoms with Gasteiger partial charge in [-0.15, -0.1) is 0 Å². The van der Waals surface area contributed by atoms with Gasteiger partial charge in [0.05, 0.1) is 31.8 Å². The molecule has 9 nitrogen and oxygen atoms in total. The molecule has 0 aliphatic carbocycles. The summed E-state index contributed by atoms with van der Waals surface area (Å²) in [4.78, 5) is 21.8. The molecule has 0 unspecified atom stereocenters. The first-order chi connectivity index (χ1) is 15.7. The molecule has 32 heavy (non-hydrogen) atoms. The molecule has 0 fully saturated rings. The van der Waals surface area contributed by atoms with Crippen molar-refractivity contribution in [3.05, 3.63) is 36.0 Å². The Morgan fingerprint density at radius 3 is 2.69 bits per heavy atom. The van der Waals surface area contributed by atoms with Gasteiger partial charge in [-0.2, -0.15) is 5.10 Å². The summed E-state index contributed by atoms with van der Waals surface area (Å²) >= 11 is 1.62. The molecule has 2 N–H and O–H groups in total. The molecule has 10 heteroatoms. The van der Waals surface area contributed by atoms with Gasteiger partial charge in [0.25, 0.3) is 5.91 Å². The number of rotatable bonds is 13. The summed E-state index contributed by atoms with van der Waals surface area (Å²) in [5.74, 6) is 2.26. The lowest BCUT2D eigenvalue weighted by Crippen LogP contribution is -2.27. The fourth-order valence-electron chi connectivity index (χ4n) is 3.00. The number of hydrogen-bond acceptors (Lipinski definition) is 8. The van der Waals surface area contributed by atoms with Crippen LogP contribution in [0.5, 0.6) is 5.75 Å². The van der Waals surface area contributed by atoms with Gasteiger partial charge in [-0.05, 0) is 37.6 Å². The maximum absolute atomic E-state index is 12.4. The van der Waals surface area contributed by atoms with Crippen molar-refractivity contribution in [2.24, 2.45) is 0 Å². The second-order valence-corrected chi connectivity index (χ2v) is 7.98. The van der Waals surface area contributed by atoms with Crippen molar-refractivity contribution in [1.82, 2.24) is 25.1 Å². The maximum Gasteiger partial charge on any atom is 0.251 e. The summed E-state index contributed by atoms with van der Waals surface area (Å²) in [6.07, 6.45) is 2.80. The lowest BCUT2D eigenvalue weighted by molar-refractivity contribution is 0.0952. The van der Waals surface area contributed by atoms with Gasteiger partial charge in [0.1, 0.15) is 11.6 Å². The van der Waals surface area contributed by atoms with Crippen molar-refractivity contribution in [2.75, 3.05) is 44.5 Å². The zero-order valence-corrected chi connectivity index (χ0v) is 19.6. The Balaban J connectivity index is 1.69. The summed E-state index contributed by atoms with van der Waals surface area (Å²) in [5.41, 5.74) is 1.33. The largest absolute Gasteiger partial charge is 0.497 e. The minimum absolute atomic E-state index is 0.142. The number of benzene rings is 1. The maximum atomic E-state index is 12.4. The molecule has 0 aliphatic heterocycles. The van der Waals surface area contributed by atoms with Crippen molar-refractivity contribution in [2.45, 2.75) is 32.0 Å². The van der Waals surface area contributed by atoms with Crippen LogP contribution in [0.25, 0.3) is 11.0 Å². The summed E-state index contributed by atoms with van der Waals surface area (Å²) < 4.78 is 12.3. The molecule has 172 valence electrons. The molecule has 2 aromatic heterocycles. The SMILES string of the molecule is CCCSc1nc(NCCOCC)c2cnn(CCNC(=O)c3ccc(OC)cc3)c2n1. The van der Waals surface area contributed by atoms with Gasteiger partial charge in [-0.1, -0.05) is 18.7 Å². The number of fused-ring (bicyclic) bond motifs is 1. The topological polar surface area (TPSA) is 103 Å².